The molecule has 1 fully saturated rings. The molecule has 0 atom stereocenters. The second kappa shape index (κ2) is 9.02. The quantitative estimate of drug-likeness (QED) is 0.441. The first-order valence-electron chi connectivity index (χ1n) is 10.3. The zero-order chi connectivity index (χ0) is 20.1. The van der Waals surface area contributed by atoms with Crippen LogP contribution in [-0.2, 0) is 6.42 Å². The van der Waals surface area contributed by atoms with Gasteiger partial charge >= 0.3 is 6.11 Å². The van der Waals surface area contributed by atoms with Crippen molar-refractivity contribution in [3.05, 3.63) is 53.9 Å². The molecule has 3 rings (SSSR count). The number of ether oxygens (including phenoxy) is 1. The summed E-state index contributed by atoms with van der Waals surface area (Å²) < 4.78 is 48.6. The second-order valence-electron chi connectivity index (χ2n) is 7.83. The molecule has 0 aliphatic heterocycles. The van der Waals surface area contributed by atoms with Crippen LogP contribution in [0.4, 0.5) is 13.2 Å². The largest absolute Gasteiger partial charge is 0.432 e. The third-order valence-electron chi connectivity index (χ3n) is 5.91. The van der Waals surface area contributed by atoms with E-state index in [1.54, 1.807) is 18.2 Å². The summed E-state index contributed by atoms with van der Waals surface area (Å²) in [6.45, 7) is 3.89. The third kappa shape index (κ3) is 4.89. The Morgan fingerprint density at radius 1 is 1.07 bits per heavy atom. The van der Waals surface area contributed by atoms with Crippen molar-refractivity contribution >= 4 is 10.8 Å². The molecule has 0 saturated heterocycles. The topological polar surface area (TPSA) is 9.23 Å². The van der Waals surface area contributed by atoms with E-state index in [0.29, 0.717) is 36.1 Å². The van der Waals surface area contributed by atoms with Crippen molar-refractivity contribution in [3.63, 3.8) is 0 Å². The van der Waals surface area contributed by atoms with Crippen LogP contribution >= 0.6 is 0 Å². The van der Waals surface area contributed by atoms with Gasteiger partial charge in [0.25, 0.3) is 0 Å². The smallest absolute Gasteiger partial charge is 0.400 e. The fourth-order valence-corrected chi connectivity index (χ4v) is 4.16. The normalized spacial score (nSPS) is 20.8. The minimum absolute atomic E-state index is 0.0938. The molecule has 1 aliphatic rings. The molecule has 1 saturated carbocycles. The first-order valence-corrected chi connectivity index (χ1v) is 10.3. The maximum Gasteiger partial charge on any atom is 0.400 e. The molecule has 0 aromatic heterocycles. The van der Waals surface area contributed by atoms with Gasteiger partial charge in [-0.15, -0.1) is 0 Å². The number of hydrogen-bond acceptors (Lipinski definition) is 1. The van der Waals surface area contributed by atoms with Gasteiger partial charge in [-0.05, 0) is 98.4 Å². The van der Waals surface area contributed by atoms with Crippen LogP contribution in [-0.4, -0.2) is 6.11 Å². The molecule has 0 spiro atoms. The molecule has 1 aliphatic carbocycles. The van der Waals surface area contributed by atoms with Crippen LogP contribution in [0.3, 0.4) is 0 Å². The van der Waals surface area contributed by atoms with Gasteiger partial charge in [0.2, 0.25) is 0 Å². The number of fused-ring (bicyclic) bond motifs is 1. The summed E-state index contributed by atoms with van der Waals surface area (Å²) in [6.07, 6.45) is 6.26. The summed E-state index contributed by atoms with van der Waals surface area (Å²) in [4.78, 5) is 0. The van der Waals surface area contributed by atoms with Crippen LogP contribution in [0.2, 0.25) is 0 Å². The Labute approximate surface area is 165 Å². The van der Waals surface area contributed by atoms with Gasteiger partial charge in [-0.2, -0.15) is 8.78 Å². The van der Waals surface area contributed by atoms with Crippen molar-refractivity contribution in [3.8, 4) is 5.75 Å². The molecule has 0 N–H and O–H groups in total. The number of alkyl halides is 2. The molecule has 28 heavy (non-hydrogen) atoms. The summed E-state index contributed by atoms with van der Waals surface area (Å²) in [7, 11) is 0. The van der Waals surface area contributed by atoms with Gasteiger partial charge in [-0.1, -0.05) is 25.1 Å². The maximum atomic E-state index is 14.7. The predicted molar refractivity (Wildman–Crippen MR) is 108 cm³/mol. The molecule has 2 aromatic rings. The first-order chi connectivity index (χ1) is 13.4. The summed E-state index contributed by atoms with van der Waals surface area (Å²) in [6, 6.07) is 7.94. The minimum atomic E-state index is -3.20. The fourth-order valence-electron chi connectivity index (χ4n) is 4.16. The van der Waals surface area contributed by atoms with Crippen molar-refractivity contribution in [2.24, 2.45) is 11.8 Å². The average molecular weight is 390 g/mol. The number of rotatable bonds is 7. The van der Waals surface area contributed by atoms with E-state index >= 15 is 0 Å². The van der Waals surface area contributed by atoms with Crippen LogP contribution in [0.5, 0.6) is 5.75 Å². The highest BCUT2D eigenvalue weighted by atomic mass is 19.3. The monoisotopic (exact) mass is 390 g/mol. The van der Waals surface area contributed by atoms with E-state index < -0.39 is 12.0 Å². The van der Waals surface area contributed by atoms with Crippen molar-refractivity contribution in [2.75, 3.05) is 0 Å². The van der Waals surface area contributed by atoms with Crippen LogP contribution in [0.15, 0.2) is 42.5 Å². The minimum Gasteiger partial charge on any atom is -0.432 e. The Balaban J connectivity index is 1.65. The molecule has 1 nitrogen and oxygen atoms in total. The van der Waals surface area contributed by atoms with E-state index in [4.69, 9.17) is 4.74 Å². The van der Waals surface area contributed by atoms with Crippen molar-refractivity contribution < 1.29 is 17.9 Å². The molecule has 0 heterocycles. The highest BCUT2D eigenvalue weighted by molar-refractivity contribution is 5.84. The number of benzene rings is 2. The Morgan fingerprint density at radius 3 is 2.50 bits per heavy atom. The average Bonchev–Trinajstić information content (AvgIpc) is 2.68. The van der Waals surface area contributed by atoms with Crippen LogP contribution in [0.25, 0.3) is 10.8 Å². The predicted octanol–water partition coefficient (Wildman–Crippen LogP) is 7.68. The Bertz CT molecular complexity index is 820. The summed E-state index contributed by atoms with van der Waals surface area (Å²) >= 11 is 0. The number of allylic oxidation sites excluding steroid dienone is 2. The van der Waals surface area contributed by atoms with E-state index in [0.717, 1.165) is 31.1 Å². The zero-order valence-corrected chi connectivity index (χ0v) is 16.7. The SMILES string of the molecule is C/C=C/CCC1CCC(C(F)(F)Oc2ccc3cc(CC)c(F)cc3c2)CC1. The van der Waals surface area contributed by atoms with E-state index in [9.17, 15) is 13.2 Å². The molecule has 0 bridgehead atoms. The summed E-state index contributed by atoms with van der Waals surface area (Å²) in [5.41, 5.74) is 0.623. The second-order valence-corrected chi connectivity index (χ2v) is 7.83. The number of aryl methyl sites for hydroxylation is 1. The molecule has 0 unspecified atom stereocenters. The van der Waals surface area contributed by atoms with Gasteiger partial charge in [-0.3, -0.25) is 0 Å². The third-order valence-corrected chi connectivity index (χ3v) is 5.91. The Morgan fingerprint density at radius 2 is 1.82 bits per heavy atom. The van der Waals surface area contributed by atoms with Gasteiger partial charge in [-0.25, -0.2) is 4.39 Å². The van der Waals surface area contributed by atoms with E-state index in [2.05, 4.69) is 6.08 Å². The summed E-state index contributed by atoms with van der Waals surface area (Å²) in [5.74, 6) is -0.452. The van der Waals surface area contributed by atoms with Gasteiger partial charge in [0.1, 0.15) is 11.6 Å². The molecule has 0 radical (unpaired) electrons. The Kier molecular flexibility index (Phi) is 6.69. The number of hydrogen-bond donors (Lipinski definition) is 0. The van der Waals surface area contributed by atoms with Crippen molar-refractivity contribution in [2.45, 2.75) is 64.9 Å². The lowest BCUT2D eigenvalue weighted by Crippen LogP contribution is -2.37. The lowest BCUT2D eigenvalue weighted by atomic mass is 9.79. The standard InChI is InChI=1S/C24H29F3O/c1-3-5-6-7-17-8-11-21(12-9-17)24(26,27)28-22-13-10-19-14-18(4-2)23(25)16-20(19)15-22/h3,5,10,13-17,21H,4,6-9,11-12H2,1-2H3/b5-3+. The van der Waals surface area contributed by atoms with E-state index in [1.165, 1.54) is 12.1 Å². The number of halogens is 3. The highest BCUT2D eigenvalue weighted by Crippen LogP contribution is 2.41. The van der Waals surface area contributed by atoms with Gasteiger partial charge in [0.15, 0.2) is 0 Å². The molecule has 2 aromatic carbocycles. The van der Waals surface area contributed by atoms with Gasteiger partial charge in [0, 0.05) is 0 Å². The lowest BCUT2D eigenvalue weighted by molar-refractivity contribution is -0.223. The van der Waals surface area contributed by atoms with E-state index in [-0.39, 0.29) is 11.6 Å². The summed E-state index contributed by atoms with van der Waals surface area (Å²) in [5, 5.41) is 1.41. The molecular weight excluding hydrogens is 361 g/mol. The maximum absolute atomic E-state index is 14.7. The van der Waals surface area contributed by atoms with Gasteiger partial charge < -0.3 is 4.74 Å². The molecule has 4 heteroatoms. The van der Waals surface area contributed by atoms with Crippen LogP contribution in [0.1, 0.15) is 57.9 Å². The lowest BCUT2D eigenvalue weighted by Gasteiger charge is -2.33. The first kappa shape index (κ1) is 20.8. The van der Waals surface area contributed by atoms with Gasteiger partial charge in [0.05, 0.1) is 5.92 Å². The molecule has 0 amide bonds. The van der Waals surface area contributed by atoms with Crippen molar-refractivity contribution in [1.82, 2.24) is 0 Å². The van der Waals surface area contributed by atoms with Crippen LogP contribution < -0.4 is 4.74 Å². The molecule has 152 valence electrons. The van der Waals surface area contributed by atoms with E-state index in [1.807, 2.05) is 19.9 Å². The highest BCUT2D eigenvalue weighted by Gasteiger charge is 2.43. The van der Waals surface area contributed by atoms with Crippen LogP contribution in [0, 0.1) is 17.7 Å². The zero-order valence-electron chi connectivity index (χ0n) is 16.7. The Hall–Kier alpha value is -1.97. The molecular formula is C24H29F3O. The van der Waals surface area contributed by atoms with Crippen molar-refractivity contribution in [1.29, 1.82) is 0 Å². The fraction of sp³-hybridized carbons (Fsp3) is 0.500.